The number of carbonyl (C=O) groups is 1. The molecule has 4 rings (SSSR count). The molecule has 4 aromatic rings. The van der Waals surface area contributed by atoms with Crippen molar-refractivity contribution >= 4 is 17.4 Å². The molecule has 0 spiro atoms. The van der Waals surface area contributed by atoms with Crippen molar-refractivity contribution in [2.45, 2.75) is 25.1 Å². The Balaban J connectivity index is 1.50. The van der Waals surface area contributed by atoms with E-state index in [1.807, 2.05) is 115 Å². The fourth-order valence-corrected chi connectivity index (χ4v) is 4.20. The zero-order valence-corrected chi connectivity index (χ0v) is 21.0. The summed E-state index contributed by atoms with van der Waals surface area (Å²) in [5, 5.41) is 17.6. The molecule has 6 nitrogen and oxygen atoms in total. The van der Waals surface area contributed by atoms with Crippen LogP contribution in [0.5, 0.6) is 5.75 Å². The number of aliphatic hydroxyl groups excluding tert-OH is 1. The highest BCUT2D eigenvalue weighted by molar-refractivity contribution is 5.99. The van der Waals surface area contributed by atoms with Crippen molar-refractivity contribution in [3.05, 3.63) is 126 Å². The molecule has 2 atom stereocenters. The smallest absolute Gasteiger partial charge is 0.326 e. The summed E-state index contributed by atoms with van der Waals surface area (Å²) in [6.07, 6.45) is -0.324. The number of para-hydroxylation sites is 2. The second-order valence-electron chi connectivity index (χ2n) is 8.80. The monoisotopic (exact) mass is 495 g/mol. The molecule has 0 saturated carbocycles. The summed E-state index contributed by atoms with van der Waals surface area (Å²) in [5.41, 5.74) is 3.57. The van der Waals surface area contributed by atoms with Crippen molar-refractivity contribution in [1.82, 2.24) is 10.6 Å². The molecule has 190 valence electrons. The molecule has 0 aliphatic rings. The summed E-state index contributed by atoms with van der Waals surface area (Å²) >= 11 is 0. The van der Waals surface area contributed by atoms with Gasteiger partial charge in [0.2, 0.25) is 0 Å². The molecule has 0 bridgehead atoms. The standard InChI is InChI=1S/C31H33N3O3/c1-37-28-19-11-14-25(20-28)22-32-23-30(35)29(21-24-12-5-2-6-13-24)33-31(36)34(26-15-7-3-8-16-26)27-17-9-4-10-18-27/h2-20,29-30,32,35H,21-23H2,1H3,(H,33,36)/t29-,30+/m0/s1. The van der Waals surface area contributed by atoms with Gasteiger partial charge in [0.25, 0.3) is 0 Å². The Bertz CT molecular complexity index is 1200. The molecule has 0 aliphatic heterocycles. The van der Waals surface area contributed by atoms with Crippen molar-refractivity contribution < 1.29 is 14.6 Å². The maximum atomic E-state index is 13.7. The van der Waals surface area contributed by atoms with E-state index >= 15 is 0 Å². The maximum Gasteiger partial charge on any atom is 0.326 e. The highest BCUT2D eigenvalue weighted by Crippen LogP contribution is 2.25. The largest absolute Gasteiger partial charge is 0.497 e. The van der Waals surface area contributed by atoms with Crippen LogP contribution in [0.4, 0.5) is 16.2 Å². The van der Waals surface area contributed by atoms with Gasteiger partial charge in [-0.25, -0.2) is 4.79 Å². The minimum Gasteiger partial charge on any atom is -0.497 e. The first-order valence-electron chi connectivity index (χ1n) is 12.4. The van der Waals surface area contributed by atoms with Crippen LogP contribution in [0, 0.1) is 0 Å². The lowest BCUT2D eigenvalue weighted by Gasteiger charge is -2.29. The molecule has 0 heterocycles. The third kappa shape index (κ3) is 7.43. The van der Waals surface area contributed by atoms with Crippen LogP contribution in [0.2, 0.25) is 0 Å². The quantitative estimate of drug-likeness (QED) is 0.264. The molecule has 0 fully saturated rings. The molecule has 0 aromatic heterocycles. The number of hydrogen-bond donors (Lipinski definition) is 3. The normalized spacial score (nSPS) is 12.4. The summed E-state index contributed by atoms with van der Waals surface area (Å²) in [6.45, 7) is 0.881. The van der Waals surface area contributed by atoms with E-state index in [1.165, 1.54) is 0 Å². The topological polar surface area (TPSA) is 73.8 Å². The van der Waals surface area contributed by atoms with Crippen LogP contribution in [0.3, 0.4) is 0 Å². The summed E-state index contributed by atoms with van der Waals surface area (Å²) < 4.78 is 5.30. The number of amides is 2. The van der Waals surface area contributed by atoms with E-state index in [1.54, 1.807) is 12.0 Å². The first kappa shape index (κ1) is 25.9. The number of ether oxygens (including phenoxy) is 1. The van der Waals surface area contributed by atoms with Gasteiger partial charge in [-0.05, 0) is 53.9 Å². The van der Waals surface area contributed by atoms with Gasteiger partial charge in [-0.1, -0.05) is 78.9 Å². The van der Waals surface area contributed by atoms with Crippen molar-refractivity contribution in [3.63, 3.8) is 0 Å². The summed E-state index contributed by atoms with van der Waals surface area (Å²) in [7, 11) is 1.64. The predicted octanol–water partition coefficient (Wildman–Crippen LogP) is 5.30. The number of carbonyl (C=O) groups excluding carboxylic acids is 1. The first-order valence-corrected chi connectivity index (χ1v) is 12.4. The number of nitrogens with zero attached hydrogens (tertiary/aromatic N) is 1. The lowest BCUT2D eigenvalue weighted by Crippen LogP contribution is -2.51. The number of urea groups is 1. The van der Waals surface area contributed by atoms with E-state index < -0.39 is 12.1 Å². The fourth-order valence-electron chi connectivity index (χ4n) is 4.20. The van der Waals surface area contributed by atoms with Crippen LogP contribution >= 0.6 is 0 Å². The zero-order valence-electron chi connectivity index (χ0n) is 21.0. The van der Waals surface area contributed by atoms with Crippen molar-refractivity contribution in [3.8, 4) is 5.75 Å². The highest BCUT2D eigenvalue weighted by Gasteiger charge is 2.26. The van der Waals surface area contributed by atoms with Gasteiger partial charge in [-0.15, -0.1) is 0 Å². The lowest BCUT2D eigenvalue weighted by atomic mass is 10.0. The number of hydrogen-bond acceptors (Lipinski definition) is 4. The summed E-state index contributed by atoms with van der Waals surface area (Å²) in [4.78, 5) is 15.3. The van der Waals surface area contributed by atoms with Gasteiger partial charge in [-0.3, -0.25) is 4.90 Å². The third-order valence-electron chi connectivity index (χ3n) is 6.12. The van der Waals surface area contributed by atoms with Gasteiger partial charge >= 0.3 is 6.03 Å². The molecule has 0 radical (unpaired) electrons. The van der Waals surface area contributed by atoms with Gasteiger partial charge in [0.1, 0.15) is 5.75 Å². The third-order valence-corrected chi connectivity index (χ3v) is 6.12. The molecule has 6 heteroatoms. The van der Waals surface area contributed by atoms with E-state index in [4.69, 9.17) is 4.74 Å². The van der Waals surface area contributed by atoms with E-state index in [2.05, 4.69) is 10.6 Å². The summed E-state index contributed by atoms with van der Waals surface area (Å²) in [5.74, 6) is 0.788. The number of anilines is 2. The van der Waals surface area contributed by atoms with Crippen molar-refractivity contribution in [2.24, 2.45) is 0 Å². The SMILES string of the molecule is COc1cccc(CNC[C@@H](O)[C@H](Cc2ccccc2)NC(=O)N(c2ccccc2)c2ccccc2)c1. The van der Waals surface area contributed by atoms with E-state index in [0.717, 1.165) is 28.3 Å². The molecule has 0 saturated heterocycles. The van der Waals surface area contributed by atoms with Gasteiger partial charge in [-0.2, -0.15) is 0 Å². The minimum absolute atomic E-state index is 0.301. The second-order valence-corrected chi connectivity index (χ2v) is 8.80. The van der Waals surface area contributed by atoms with Gasteiger partial charge < -0.3 is 20.5 Å². The molecule has 4 aromatic carbocycles. The van der Waals surface area contributed by atoms with E-state index in [0.29, 0.717) is 19.5 Å². The molecule has 3 N–H and O–H groups in total. The van der Waals surface area contributed by atoms with E-state index in [-0.39, 0.29) is 6.03 Å². The van der Waals surface area contributed by atoms with Crippen LogP contribution in [0.15, 0.2) is 115 Å². The van der Waals surface area contributed by atoms with Gasteiger partial charge in [0.15, 0.2) is 0 Å². The highest BCUT2D eigenvalue weighted by atomic mass is 16.5. The Morgan fingerprint density at radius 1 is 0.811 bits per heavy atom. The number of nitrogens with one attached hydrogen (secondary N) is 2. The molecule has 37 heavy (non-hydrogen) atoms. The number of methoxy groups -OCH3 is 1. The Morgan fingerprint density at radius 2 is 1.38 bits per heavy atom. The number of benzene rings is 4. The van der Waals surface area contributed by atoms with Crippen LogP contribution in [0.25, 0.3) is 0 Å². The molecular formula is C31H33N3O3. The van der Waals surface area contributed by atoms with Gasteiger partial charge in [0, 0.05) is 13.1 Å². The van der Waals surface area contributed by atoms with E-state index in [9.17, 15) is 9.90 Å². The lowest BCUT2D eigenvalue weighted by molar-refractivity contribution is 0.127. The van der Waals surface area contributed by atoms with Crippen molar-refractivity contribution in [1.29, 1.82) is 0 Å². The maximum absolute atomic E-state index is 13.7. The average Bonchev–Trinajstić information content (AvgIpc) is 2.94. The van der Waals surface area contributed by atoms with Crippen molar-refractivity contribution in [2.75, 3.05) is 18.6 Å². The Labute approximate surface area is 218 Å². The van der Waals surface area contributed by atoms with Crippen LogP contribution in [-0.4, -0.2) is 36.9 Å². The fraction of sp³-hybridized carbons (Fsp3) is 0.194. The molecule has 0 unspecified atom stereocenters. The zero-order chi connectivity index (χ0) is 25.9. The number of aliphatic hydroxyl groups is 1. The average molecular weight is 496 g/mol. The van der Waals surface area contributed by atoms with Crippen LogP contribution in [0.1, 0.15) is 11.1 Å². The molecule has 0 aliphatic carbocycles. The second kappa shape index (κ2) is 13.3. The Kier molecular flexibility index (Phi) is 9.29. The first-order chi connectivity index (χ1) is 18.1. The van der Waals surface area contributed by atoms with Crippen LogP contribution < -0.4 is 20.3 Å². The summed E-state index contributed by atoms with van der Waals surface area (Å²) in [6, 6.07) is 35.9. The predicted molar refractivity (Wildman–Crippen MR) is 148 cm³/mol. The van der Waals surface area contributed by atoms with Gasteiger partial charge in [0.05, 0.1) is 30.6 Å². The molecule has 2 amide bonds. The Hall–Kier alpha value is -4.13. The number of rotatable bonds is 11. The molecular weight excluding hydrogens is 462 g/mol. The minimum atomic E-state index is -0.817. The Morgan fingerprint density at radius 3 is 1.97 bits per heavy atom. The van der Waals surface area contributed by atoms with Crippen LogP contribution in [-0.2, 0) is 13.0 Å².